The Bertz CT molecular complexity index is 1210. The summed E-state index contributed by atoms with van der Waals surface area (Å²) in [6.07, 6.45) is -2.57. The molecule has 0 saturated heterocycles. The molecule has 9 heteroatoms. The number of halogens is 3. The predicted octanol–water partition coefficient (Wildman–Crippen LogP) is 7.28. The lowest BCUT2D eigenvalue weighted by molar-refractivity contribution is -0.137. The van der Waals surface area contributed by atoms with Crippen LogP contribution in [0.5, 0.6) is 0 Å². The van der Waals surface area contributed by atoms with Gasteiger partial charge >= 0.3 is 6.18 Å². The zero-order valence-electron chi connectivity index (χ0n) is 20.4. The van der Waals surface area contributed by atoms with E-state index in [4.69, 9.17) is 4.74 Å². The first-order valence-corrected chi connectivity index (χ1v) is 13.0. The predicted molar refractivity (Wildman–Crippen MR) is 135 cm³/mol. The van der Waals surface area contributed by atoms with Crippen molar-refractivity contribution in [2.24, 2.45) is 9.85 Å². The molecule has 0 radical (unpaired) electrons. The third kappa shape index (κ3) is 3.68. The Balaban J connectivity index is 2.05. The topological polar surface area (TPSA) is 34.4 Å². The van der Waals surface area contributed by atoms with E-state index in [1.54, 1.807) is 6.07 Å². The molecule has 0 fully saturated rings. The standard InChI is InChI=1S/C25H31F3N5P/c1-7-33(8-2)34(30-19-13-11-12-18(16-19)25(26,27)28)22(17-29-32(34)6)23-24(3,4)20-14-9-10-15-21(20)31(23)5/h9-17H,7-8H2,1-6H3/b23-22+/t34-/m0/s1. The fraction of sp³-hybridized carbons (Fsp3) is 0.400. The van der Waals surface area contributed by atoms with Crippen molar-refractivity contribution < 1.29 is 13.2 Å². The molecular weight excluding hydrogens is 458 g/mol. The van der Waals surface area contributed by atoms with Crippen LogP contribution in [0.3, 0.4) is 0 Å². The van der Waals surface area contributed by atoms with Crippen molar-refractivity contribution in [1.82, 2.24) is 9.45 Å². The average molecular weight is 490 g/mol. The minimum Gasteiger partial charge on any atom is -0.346 e. The zero-order valence-corrected chi connectivity index (χ0v) is 21.3. The average Bonchev–Trinajstić information content (AvgIpc) is 3.20. The number of nitrogens with zero attached hydrogens (tertiary/aromatic N) is 5. The van der Waals surface area contributed by atoms with Gasteiger partial charge in [-0.25, -0.2) is 14.2 Å². The molecular formula is C25H31F3N5P. The summed E-state index contributed by atoms with van der Waals surface area (Å²) < 4.78 is 49.7. The second-order valence-corrected chi connectivity index (χ2v) is 12.0. The Morgan fingerprint density at radius 1 is 1.03 bits per heavy atom. The Kier molecular flexibility index (Phi) is 6.19. The van der Waals surface area contributed by atoms with E-state index in [2.05, 4.69) is 54.5 Å². The van der Waals surface area contributed by atoms with Gasteiger partial charge in [-0.3, -0.25) is 0 Å². The van der Waals surface area contributed by atoms with Crippen LogP contribution in [0.2, 0.25) is 0 Å². The number of alkyl halides is 3. The maximum atomic E-state index is 13.5. The molecule has 182 valence electrons. The van der Waals surface area contributed by atoms with Gasteiger partial charge in [0.15, 0.2) is 7.36 Å². The summed E-state index contributed by atoms with van der Waals surface area (Å²) in [5, 5.41) is 5.65. The summed E-state index contributed by atoms with van der Waals surface area (Å²) in [4.78, 5) is 2.19. The molecule has 0 spiro atoms. The normalized spacial score (nSPS) is 23.7. The largest absolute Gasteiger partial charge is 0.416 e. The molecule has 4 rings (SSSR count). The first-order valence-electron chi connectivity index (χ1n) is 11.4. The van der Waals surface area contributed by atoms with E-state index in [1.807, 2.05) is 37.2 Å². The van der Waals surface area contributed by atoms with Gasteiger partial charge in [0.25, 0.3) is 0 Å². The molecule has 0 aromatic heterocycles. The lowest BCUT2D eigenvalue weighted by Gasteiger charge is -2.39. The van der Waals surface area contributed by atoms with Gasteiger partial charge in [0, 0.05) is 44.0 Å². The van der Waals surface area contributed by atoms with E-state index in [9.17, 15) is 13.2 Å². The number of hydrogen-bond acceptors (Lipinski definition) is 3. The molecule has 2 aromatic carbocycles. The molecule has 0 saturated carbocycles. The summed E-state index contributed by atoms with van der Waals surface area (Å²) in [5.74, 6) is 0. The number of hydrazone groups is 1. The highest BCUT2D eigenvalue weighted by Gasteiger charge is 2.47. The van der Waals surface area contributed by atoms with Crippen LogP contribution in [0.1, 0.15) is 38.8 Å². The van der Waals surface area contributed by atoms with Gasteiger partial charge in [-0.15, -0.1) is 0 Å². The quantitative estimate of drug-likeness (QED) is 0.423. The number of likely N-dealkylation sites (N-methyl/N-ethyl adjacent to an activating group) is 1. The molecule has 5 nitrogen and oxygen atoms in total. The highest BCUT2D eigenvalue weighted by Crippen LogP contribution is 2.69. The van der Waals surface area contributed by atoms with Crippen molar-refractivity contribution in [2.75, 3.05) is 32.1 Å². The van der Waals surface area contributed by atoms with E-state index < -0.39 is 19.1 Å². The summed E-state index contributed by atoms with van der Waals surface area (Å²) >= 11 is 0. The lowest BCUT2D eigenvalue weighted by atomic mass is 9.84. The number of hydrogen-bond donors (Lipinski definition) is 0. The van der Waals surface area contributed by atoms with Crippen molar-refractivity contribution in [3.8, 4) is 0 Å². The summed E-state index contributed by atoms with van der Waals surface area (Å²) in [6, 6.07) is 13.6. The highest BCUT2D eigenvalue weighted by molar-refractivity contribution is 7.67. The van der Waals surface area contributed by atoms with E-state index >= 15 is 0 Å². The third-order valence-corrected chi connectivity index (χ3v) is 10.5. The Hall–Kier alpha value is -2.57. The van der Waals surface area contributed by atoms with E-state index in [-0.39, 0.29) is 5.41 Å². The molecule has 34 heavy (non-hydrogen) atoms. The molecule has 0 unspecified atom stereocenters. The van der Waals surface area contributed by atoms with Gasteiger partial charge in [-0.1, -0.05) is 52.0 Å². The zero-order chi connectivity index (χ0) is 24.9. The first-order chi connectivity index (χ1) is 16.0. The molecule has 0 N–H and O–H groups in total. The number of para-hydroxylation sites is 1. The van der Waals surface area contributed by atoms with Gasteiger partial charge in [0.05, 0.1) is 22.8 Å². The van der Waals surface area contributed by atoms with Crippen molar-refractivity contribution in [2.45, 2.75) is 39.3 Å². The van der Waals surface area contributed by atoms with E-state index in [0.29, 0.717) is 18.8 Å². The van der Waals surface area contributed by atoms with Gasteiger partial charge < -0.3 is 4.90 Å². The Labute approximate surface area is 199 Å². The van der Waals surface area contributed by atoms with Crippen molar-refractivity contribution in [3.05, 3.63) is 70.7 Å². The second-order valence-electron chi connectivity index (χ2n) is 9.02. The van der Waals surface area contributed by atoms with E-state index in [1.165, 1.54) is 11.6 Å². The van der Waals surface area contributed by atoms with Crippen molar-refractivity contribution in [3.63, 3.8) is 0 Å². The number of rotatable bonds is 4. The maximum Gasteiger partial charge on any atom is 0.416 e. The van der Waals surface area contributed by atoms with Gasteiger partial charge in [-0.05, 0) is 29.8 Å². The molecule has 0 bridgehead atoms. The van der Waals surface area contributed by atoms with Gasteiger partial charge in [-0.2, -0.15) is 18.3 Å². The minimum absolute atomic E-state index is 0.307. The fourth-order valence-electron chi connectivity index (χ4n) is 5.14. The third-order valence-electron chi connectivity index (χ3n) is 6.74. The van der Waals surface area contributed by atoms with Crippen molar-refractivity contribution in [1.29, 1.82) is 0 Å². The van der Waals surface area contributed by atoms with Gasteiger partial charge in [0.2, 0.25) is 0 Å². The Morgan fingerprint density at radius 2 is 1.71 bits per heavy atom. The van der Waals surface area contributed by atoms with Gasteiger partial charge in [0.1, 0.15) is 0 Å². The Morgan fingerprint density at radius 3 is 2.32 bits per heavy atom. The smallest absolute Gasteiger partial charge is 0.346 e. The molecule has 0 aliphatic carbocycles. The lowest BCUT2D eigenvalue weighted by Crippen LogP contribution is -2.30. The number of anilines is 1. The number of benzene rings is 2. The van der Waals surface area contributed by atoms with Crippen molar-refractivity contribution >= 4 is 24.9 Å². The summed E-state index contributed by atoms with van der Waals surface area (Å²) in [6.45, 7) is 9.86. The highest BCUT2D eigenvalue weighted by atomic mass is 31.2. The maximum absolute atomic E-state index is 13.5. The molecule has 1 atom stereocenters. The molecule has 2 aromatic rings. The second kappa shape index (κ2) is 8.58. The number of fused-ring (bicyclic) bond motifs is 1. The monoisotopic (exact) mass is 489 g/mol. The molecule has 0 amide bonds. The van der Waals surface area contributed by atoms with Crippen LogP contribution in [0.4, 0.5) is 24.5 Å². The molecule has 2 heterocycles. The number of allylic oxidation sites excluding steroid dienone is 2. The van der Waals surface area contributed by atoms with Crippen LogP contribution < -0.4 is 4.90 Å². The SMILES string of the molecule is CCN(CC)[P@]1(=Nc2cccc(C(F)(F)F)c2)/C(=C2/N(C)c3ccccc3C2(C)C)C=NN1C. The fourth-order valence-corrected chi connectivity index (χ4v) is 8.84. The minimum atomic E-state index is -4.43. The van der Waals surface area contributed by atoms with Crippen LogP contribution in [-0.2, 0) is 11.6 Å². The van der Waals surface area contributed by atoms with Crippen LogP contribution in [0.25, 0.3) is 0 Å². The summed E-state index contributed by atoms with van der Waals surface area (Å²) in [7, 11) is 1.22. The molecule has 2 aliphatic heterocycles. The van der Waals surface area contributed by atoms with Crippen LogP contribution in [-0.4, -0.2) is 42.8 Å². The van der Waals surface area contributed by atoms with Crippen LogP contribution >= 0.6 is 7.36 Å². The summed E-state index contributed by atoms with van der Waals surface area (Å²) in [5.41, 5.74) is 2.70. The van der Waals surface area contributed by atoms with Crippen LogP contribution in [0, 0.1) is 0 Å². The van der Waals surface area contributed by atoms with E-state index in [0.717, 1.165) is 28.8 Å². The molecule has 2 aliphatic rings. The van der Waals surface area contributed by atoms with Crippen LogP contribution in [0.15, 0.2) is 69.4 Å². The first kappa shape index (κ1) is 24.6.